The van der Waals surface area contributed by atoms with E-state index in [4.69, 9.17) is 5.73 Å². The van der Waals surface area contributed by atoms with Crippen molar-refractivity contribution in [3.8, 4) is 0 Å². The highest BCUT2D eigenvalue weighted by atomic mass is 15.1. The average molecular weight is 282 g/mol. The molecule has 0 amide bonds. The highest BCUT2D eigenvalue weighted by Gasteiger charge is 2.10. The molecule has 0 heterocycles. The molecular formula is C19H26N2. The summed E-state index contributed by atoms with van der Waals surface area (Å²) in [7, 11) is 2.09. The fourth-order valence-corrected chi connectivity index (χ4v) is 2.56. The molecule has 0 bridgehead atoms. The van der Waals surface area contributed by atoms with E-state index in [0.29, 0.717) is 5.92 Å². The Bertz CT molecular complexity index is 531. The van der Waals surface area contributed by atoms with Crippen LogP contribution in [0.3, 0.4) is 0 Å². The molecule has 2 N–H and O–H groups in total. The van der Waals surface area contributed by atoms with Gasteiger partial charge in [0.25, 0.3) is 0 Å². The molecular weight excluding hydrogens is 256 g/mol. The molecule has 2 rings (SSSR count). The minimum Gasteiger partial charge on any atom is -0.373 e. The van der Waals surface area contributed by atoms with Gasteiger partial charge in [-0.05, 0) is 35.6 Å². The summed E-state index contributed by atoms with van der Waals surface area (Å²) in [6.07, 6.45) is 1.12. The Morgan fingerprint density at radius 3 is 2.14 bits per heavy atom. The molecule has 0 saturated heterocycles. The number of hydrogen-bond donors (Lipinski definition) is 1. The van der Waals surface area contributed by atoms with Crippen LogP contribution in [0, 0.1) is 5.92 Å². The molecule has 1 atom stereocenters. The topological polar surface area (TPSA) is 29.3 Å². The number of nitrogens with zero attached hydrogens (tertiary/aromatic N) is 1. The summed E-state index contributed by atoms with van der Waals surface area (Å²) in [4.78, 5) is 2.20. The second-order valence-electron chi connectivity index (χ2n) is 6.16. The molecule has 0 aliphatic carbocycles. The number of benzene rings is 2. The minimum atomic E-state index is 0.0308. The molecule has 0 aliphatic rings. The molecule has 112 valence electrons. The van der Waals surface area contributed by atoms with E-state index in [1.165, 1.54) is 16.8 Å². The quantitative estimate of drug-likeness (QED) is 0.867. The SMILES string of the molecule is CC(C)Cc1ccc(C(N)CN(C)c2ccccc2)cc1. The lowest BCUT2D eigenvalue weighted by Gasteiger charge is -2.23. The van der Waals surface area contributed by atoms with Gasteiger partial charge in [-0.1, -0.05) is 56.3 Å². The number of anilines is 1. The van der Waals surface area contributed by atoms with Crippen LogP contribution in [0.4, 0.5) is 5.69 Å². The van der Waals surface area contributed by atoms with E-state index < -0.39 is 0 Å². The highest BCUT2D eigenvalue weighted by Crippen LogP contribution is 2.18. The van der Waals surface area contributed by atoms with Crippen molar-refractivity contribution in [2.75, 3.05) is 18.5 Å². The average Bonchev–Trinajstić information content (AvgIpc) is 2.48. The van der Waals surface area contributed by atoms with Gasteiger partial charge in [0.1, 0.15) is 0 Å². The fraction of sp³-hybridized carbons (Fsp3) is 0.368. The molecule has 0 aliphatic heterocycles. The zero-order chi connectivity index (χ0) is 15.2. The Morgan fingerprint density at radius 1 is 0.952 bits per heavy atom. The first kappa shape index (κ1) is 15.6. The molecule has 0 spiro atoms. The van der Waals surface area contributed by atoms with Gasteiger partial charge in [0.2, 0.25) is 0 Å². The van der Waals surface area contributed by atoms with E-state index >= 15 is 0 Å². The Kier molecular flexibility index (Phi) is 5.40. The highest BCUT2D eigenvalue weighted by molar-refractivity contribution is 5.45. The zero-order valence-corrected chi connectivity index (χ0v) is 13.3. The van der Waals surface area contributed by atoms with Gasteiger partial charge in [0.05, 0.1) is 0 Å². The maximum Gasteiger partial charge on any atom is 0.0473 e. The van der Waals surface area contributed by atoms with Gasteiger partial charge in [0.15, 0.2) is 0 Å². The van der Waals surface area contributed by atoms with Gasteiger partial charge in [-0.15, -0.1) is 0 Å². The smallest absolute Gasteiger partial charge is 0.0473 e. The summed E-state index contributed by atoms with van der Waals surface area (Å²) >= 11 is 0. The van der Waals surface area contributed by atoms with E-state index in [1.54, 1.807) is 0 Å². The molecule has 2 aromatic rings. The van der Waals surface area contributed by atoms with Crippen LogP contribution in [0.5, 0.6) is 0 Å². The van der Waals surface area contributed by atoms with Crippen molar-refractivity contribution in [2.45, 2.75) is 26.3 Å². The van der Waals surface area contributed by atoms with E-state index in [2.05, 4.69) is 74.3 Å². The second-order valence-corrected chi connectivity index (χ2v) is 6.16. The Hall–Kier alpha value is -1.80. The van der Waals surface area contributed by atoms with Gasteiger partial charge in [-0.25, -0.2) is 0 Å². The van der Waals surface area contributed by atoms with Gasteiger partial charge >= 0.3 is 0 Å². The van der Waals surface area contributed by atoms with E-state index in [9.17, 15) is 0 Å². The van der Waals surface area contributed by atoms with Gasteiger partial charge in [-0.3, -0.25) is 0 Å². The number of hydrogen-bond acceptors (Lipinski definition) is 2. The van der Waals surface area contributed by atoms with E-state index in [1.807, 2.05) is 6.07 Å². The largest absolute Gasteiger partial charge is 0.373 e. The Balaban J connectivity index is 1.98. The maximum atomic E-state index is 6.34. The summed E-state index contributed by atoms with van der Waals surface area (Å²) < 4.78 is 0. The lowest BCUT2D eigenvalue weighted by molar-refractivity contribution is 0.646. The van der Waals surface area contributed by atoms with Crippen molar-refractivity contribution < 1.29 is 0 Å². The van der Waals surface area contributed by atoms with Gasteiger partial charge in [-0.2, -0.15) is 0 Å². The summed E-state index contributed by atoms with van der Waals surface area (Å²) in [5.41, 5.74) is 10.1. The van der Waals surface area contributed by atoms with Crippen LogP contribution in [-0.4, -0.2) is 13.6 Å². The summed E-state index contributed by atoms with van der Waals surface area (Å²) in [6, 6.07) is 19.1. The maximum absolute atomic E-state index is 6.34. The third kappa shape index (κ3) is 4.61. The van der Waals surface area contributed by atoms with Crippen molar-refractivity contribution in [2.24, 2.45) is 11.7 Å². The van der Waals surface area contributed by atoms with E-state index in [-0.39, 0.29) is 6.04 Å². The number of para-hydroxylation sites is 1. The normalized spacial score (nSPS) is 12.4. The van der Waals surface area contributed by atoms with Crippen LogP contribution in [0.2, 0.25) is 0 Å². The van der Waals surface area contributed by atoms with Crippen molar-refractivity contribution in [3.05, 3.63) is 65.7 Å². The van der Waals surface area contributed by atoms with Crippen LogP contribution >= 0.6 is 0 Å². The Labute approximate surface area is 128 Å². The van der Waals surface area contributed by atoms with Crippen LogP contribution in [0.25, 0.3) is 0 Å². The van der Waals surface area contributed by atoms with Crippen LogP contribution in [0.15, 0.2) is 54.6 Å². The molecule has 1 unspecified atom stereocenters. The lowest BCUT2D eigenvalue weighted by Crippen LogP contribution is -2.28. The van der Waals surface area contributed by atoms with Crippen LogP contribution in [0.1, 0.15) is 31.0 Å². The molecule has 0 aromatic heterocycles. The van der Waals surface area contributed by atoms with Crippen molar-refractivity contribution in [3.63, 3.8) is 0 Å². The van der Waals surface area contributed by atoms with E-state index in [0.717, 1.165) is 13.0 Å². The van der Waals surface area contributed by atoms with Crippen molar-refractivity contribution in [1.29, 1.82) is 0 Å². The predicted molar refractivity (Wildman–Crippen MR) is 91.6 cm³/mol. The molecule has 21 heavy (non-hydrogen) atoms. The standard InChI is InChI=1S/C19H26N2/c1-15(2)13-16-9-11-17(12-10-16)19(20)14-21(3)18-7-5-4-6-8-18/h4-12,15,19H,13-14,20H2,1-3H3. The third-order valence-electron chi connectivity index (χ3n) is 3.72. The van der Waals surface area contributed by atoms with Crippen molar-refractivity contribution >= 4 is 5.69 Å². The number of likely N-dealkylation sites (N-methyl/N-ethyl adjacent to an activating group) is 1. The molecule has 0 radical (unpaired) electrons. The molecule has 2 nitrogen and oxygen atoms in total. The predicted octanol–water partition coefficient (Wildman–Crippen LogP) is 4.02. The van der Waals surface area contributed by atoms with Gasteiger partial charge < -0.3 is 10.6 Å². The monoisotopic (exact) mass is 282 g/mol. The fourth-order valence-electron chi connectivity index (χ4n) is 2.56. The zero-order valence-electron chi connectivity index (χ0n) is 13.3. The lowest BCUT2D eigenvalue weighted by atomic mass is 9.99. The third-order valence-corrected chi connectivity index (χ3v) is 3.72. The second kappa shape index (κ2) is 7.28. The van der Waals surface area contributed by atoms with Crippen molar-refractivity contribution in [1.82, 2.24) is 0 Å². The Morgan fingerprint density at radius 2 is 1.57 bits per heavy atom. The summed E-state index contributed by atoms with van der Waals surface area (Å²) in [6.45, 7) is 5.30. The first-order valence-corrected chi connectivity index (χ1v) is 7.67. The number of nitrogens with two attached hydrogens (primary N) is 1. The minimum absolute atomic E-state index is 0.0308. The first-order chi connectivity index (χ1) is 10.1. The summed E-state index contributed by atoms with van der Waals surface area (Å²) in [5, 5.41) is 0. The molecule has 2 aromatic carbocycles. The first-order valence-electron chi connectivity index (χ1n) is 7.67. The van der Waals surface area contributed by atoms with Crippen LogP contribution in [-0.2, 0) is 6.42 Å². The summed E-state index contributed by atoms with van der Waals surface area (Å²) in [5.74, 6) is 0.689. The molecule has 0 fully saturated rings. The van der Waals surface area contributed by atoms with Crippen LogP contribution < -0.4 is 10.6 Å². The number of rotatable bonds is 6. The van der Waals surface area contributed by atoms with Gasteiger partial charge in [0, 0.05) is 25.3 Å². The molecule has 2 heteroatoms. The molecule has 0 saturated carbocycles.